The molecule has 0 saturated carbocycles. The van der Waals surface area contributed by atoms with Crippen molar-refractivity contribution in [3.8, 4) is 11.5 Å². The minimum Gasteiger partial charge on any atom is -0.486 e. The molecule has 7 nitrogen and oxygen atoms in total. The van der Waals surface area contributed by atoms with Crippen molar-refractivity contribution in [1.82, 2.24) is 15.3 Å². The van der Waals surface area contributed by atoms with E-state index in [0.717, 1.165) is 36.5 Å². The number of aromatic nitrogens is 2. The lowest BCUT2D eigenvalue weighted by atomic mass is 9.97. The van der Waals surface area contributed by atoms with Gasteiger partial charge in [0.1, 0.15) is 19.0 Å². The van der Waals surface area contributed by atoms with Crippen molar-refractivity contribution >= 4 is 34.6 Å². The fourth-order valence-electron chi connectivity index (χ4n) is 3.60. The van der Waals surface area contributed by atoms with Gasteiger partial charge in [0.2, 0.25) is 5.95 Å². The monoisotopic (exact) mass is 415 g/mol. The second-order valence-electron chi connectivity index (χ2n) is 7.31. The van der Waals surface area contributed by atoms with Crippen LogP contribution < -0.4 is 25.4 Å². The SMILES string of the molecule is CNc1cc(C)nc(Nc2cc3c(c(C4=CCN[C@H](C)CC4)c2Cl)OCCO3)n1. The van der Waals surface area contributed by atoms with Crippen molar-refractivity contribution in [2.24, 2.45) is 0 Å². The van der Waals surface area contributed by atoms with Gasteiger partial charge in [-0.3, -0.25) is 0 Å². The van der Waals surface area contributed by atoms with Crippen molar-refractivity contribution < 1.29 is 9.47 Å². The molecule has 1 aromatic heterocycles. The quantitative estimate of drug-likeness (QED) is 0.692. The van der Waals surface area contributed by atoms with Crippen LogP contribution in [0.3, 0.4) is 0 Å². The number of fused-ring (bicyclic) bond motifs is 1. The van der Waals surface area contributed by atoms with Crippen molar-refractivity contribution in [2.75, 3.05) is 37.4 Å². The van der Waals surface area contributed by atoms with Crippen LogP contribution in [0.15, 0.2) is 18.2 Å². The molecule has 0 unspecified atom stereocenters. The lowest BCUT2D eigenvalue weighted by molar-refractivity contribution is 0.171. The number of aryl methyl sites for hydroxylation is 1. The van der Waals surface area contributed by atoms with E-state index in [-0.39, 0.29) is 0 Å². The normalized spacial score (nSPS) is 18.6. The Labute approximate surface area is 175 Å². The van der Waals surface area contributed by atoms with Crippen molar-refractivity contribution in [1.29, 1.82) is 0 Å². The van der Waals surface area contributed by atoms with Crippen LogP contribution >= 0.6 is 11.6 Å². The summed E-state index contributed by atoms with van der Waals surface area (Å²) < 4.78 is 11.9. The Bertz CT molecular complexity index is 947. The predicted octanol–water partition coefficient (Wildman–Crippen LogP) is 4.15. The van der Waals surface area contributed by atoms with Crippen molar-refractivity contribution in [3.05, 3.63) is 34.5 Å². The number of benzene rings is 1. The summed E-state index contributed by atoms with van der Waals surface area (Å²) in [5.74, 6) is 2.61. The van der Waals surface area contributed by atoms with Gasteiger partial charge in [0.15, 0.2) is 11.5 Å². The van der Waals surface area contributed by atoms with E-state index >= 15 is 0 Å². The molecule has 0 amide bonds. The highest BCUT2D eigenvalue weighted by molar-refractivity contribution is 6.35. The van der Waals surface area contributed by atoms with Crippen LogP contribution in [0.1, 0.15) is 31.0 Å². The number of anilines is 3. The van der Waals surface area contributed by atoms with E-state index in [1.165, 1.54) is 5.57 Å². The molecule has 4 rings (SSSR count). The molecule has 8 heteroatoms. The molecule has 2 aromatic rings. The van der Waals surface area contributed by atoms with Gasteiger partial charge in [-0.25, -0.2) is 4.98 Å². The lowest BCUT2D eigenvalue weighted by Gasteiger charge is -2.25. The van der Waals surface area contributed by atoms with Gasteiger partial charge in [-0.05, 0) is 32.3 Å². The van der Waals surface area contributed by atoms with Crippen LogP contribution in [0.4, 0.5) is 17.5 Å². The van der Waals surface area contributed by atoms with E-state index in [0.29, 0.717) is 47.4 Å². The molecule has 2 aliphatic heterocycles. The number of hydrogen-bond acceptors (Lipinski definition) is 7. The minimum atomic E-state index is 0.456. The minimum absolute atomic E-state index is 0.456. The Morgan fingerprint density at radius 2 is 2.03 bits per heavy atom. The molecule has 0 aliphatic carbocycles. The smallest absolute Gasteiger partial charge is 0.229 e. The first-order valence-electron chi connectivity index (χ1n) is 9.90. The first kappa shape index (κ1) is 19.8. The highest BCUT2D eigenvalue weighted by Crippen LogP contribution is 2.47. The van der Waals surface area contributed by atoms with Gasteiger partial charge in [-0.15, -0.1) is 0 Å². The Balaban J connectivity index is 1.77. The fourth-order valence-corrected chi connectivity index (χ4v) is 3.91. The maximum atomic E-state index is 6.90. The Morgan fingerprint density at radius 1 is 1.21 bits per heavy atom. The van der Waals surface area contributed by atoms with E-state index in [1.807, 2.05) is 26.1 Å². The molecule has 29 heavy (non-hydrogen) atoms. The summed E-state index contributed by atoms with van der Waals surface area (Å²) in [5.41, 5.74) is 3.61. The average molecular weight is 416 g/mol. The van der Waals surface area contributed by atoms with Gasteiger partial charge < -0.3 is 25.4 Å². The molecule has 154 valence electrons. The Hall–Kier alpha value is -2.51. The molecule has 0 fully saturated rings. The number of nitrogens with one attached hydrogen (secondary N) is 3. The molecule has 3 heterocycles. The Morgan fingerprint density at radius 3 is 2.86 bits per heavy atom. The van der Waals surface area contributed by atoms with Crippen LogP contribution in [-0.2, 0) is 0 Å². The summed E-state index contributed by atoms with van der Waals surface area (Å²) in [6.45, 7) is 5.94. The molecule has 3 N–H and O–H groups in total. The number of allylic oxidation sites excluding steroid dienone is 1. The number of hydrogen-bond donors (Lipinski definition) is 3. The fraction of sp³-hybridized carbons (Fsp3) is 0.429. The molecule has 2 aliphatic rings. The number of halogens is 1. The van der Waals surface area contributed by atoms with Crippen LogP contribution in [-0.4, -0.2) is 42.8 Å². The highest BCUT2D eigenvalue weighted by atomic mass is 35.5. The zero-order valence-corrected chi connectivity index (χ0v) is 17.7. The first-order chi connectivity index (χ1) is 14.0. The molecular formula is C21H26ClN5O2. The summed E-state index contributed by atoms with van der Waals surface area (Å²) in [5, 5.41) is 10.4. The first-order valence-corrected chi connectivity index (χ1v) is 10.3. The van der Waals surface area contributed by atoms with Gasteiger partial charge in [0.25, 0.3) is 0 Å². The van der Waals surface area contributed by atoms with Gasteiger partial charge in [0, 0.05) is 43.0 Å². The zero-order chi connectivity index (χ0) is 20.4. The van der Waals surface area contributed by atoms with Crippen LogP contribution in [0.5, 0.6) is 11.5 Å². The summed E-state index contributed by atoms with van der Waals surface area (Å²) in [7, 11) is 1.83. The van der Waals surface area contributed by atoms with E-state index in [4.69, 9.17) is 21.1 Å². The van der Waals surface area contributed by atoms with E-state index in [9.17, 15) is 0 Å². The Kier molecular flexibility index (Phi) is 5.78. The summed E-state index contributed by atoms with van der Waals surface area (Å²) in [6.07, 6.45) is 4.13. The molecule has 1 aromatic carbocycles. The number of nitrogens with zero attached hydrogens (tertiary/aromatic N) is 2. The van der Waals surface area contributed by atoms with Gasteiger partial charge >= 0.3 is 0 Å². The highest BCUT2D eigenvalue weighted by Gasteiger charge is 2.26. The van der Waals surface area contributed by atoms with Crippen molar-refractivity contribution in [3.63, 3.8) is 0 Å². The van der Waals surface area contributed by atoms with Gasteiger partial charge in [-0.1, -0.05) is 17.7 Å². The third-order valence-electron chi connectivity index (χ3n) is 5.11. The average Bonchev–Trinajstić information content (AvgIpc) is 2.92. The topological polar surface area (TPSA) is 80.3 Å². The largest absolute Gasteiger partial charge is 0.486 e. The second kappa shape index (κ2) is 8.47. The molecule has 0 radical (unpaired) electrons. The summed E-state index contributed by atoms with van der Waals surface area (Å²) in [6, 6.07) is 4.20. The van der Waals surface area contributed by atoms with E-state index in [2.05, 4.69) is 38.9 Å². The summed E-state index contributed by atoms with van der Waals surface area (Å²) >= 11 is 6.90. The second-order valence-corrected chi connectivity index (χ2v) is 7.69. The zero-order valence-electron chi connectivity index (χ0n) is 16.9. The molecule has 0 spiro atoms. The van der Waals surface area contributed by atoms with E-state index in [1.54, 1.807) is 0 Å². The molecule has 1 atom stereocenters. The summed E-state index contributed by atoms with van der Waals surface area (Å²) in [4.78, 5) is 8.96. The predicted molar refractivity (Wildman–Crippen MR) is 117 cm³/mol. The van der Waals surface area contributed by atoms with Crippen LogP contribution in [0.2, 0.25) is 5.02 Å². The van der Waals surface area contributed by atoms with Crippen molar-refractivity contribution in [2.45, 2.75) is 32.7 Å². The maximum absolute atomic E-state index is 6.90. The van der Waals surface area contributed by atoms with E-state index < -0.39 is 0 Å². The van der Waals surface area contributed by atoms with Gasteiger partial charge in [-0.2, -0.15) is 4.98 Å². The standard InChI is InChI=1S/C21H26ClN5O2/c1-12-4-5-14(6-7-24-12)18-19(22)15(11-16-20(18)29-9-8-28-16)26-21-25-13(2)10-17(23-3)27-21/h6,10-12,24H,4-5,7-9H2,1-3H3,(H2,23,25,26,27)/t12-/m1/s1. The lowest BCUT2D eigenvalue weighted by Crippen LogP contribution is -2.24. The third-order valence-corrected chi connectivity index (χ3v) is 5.50. The maximum Gasteiger partial charge on any atom is 0.229 e. The van der Waals surface area contributed by atoms with Crippen LogP contribution in [0, 0.1) is 6.92 Å². The van der Waals surface area contributed by atoms with Gasteiger partial charge in [0.05, 0.1) is 10.7 Å². The number of ether oxygens (including phenoxy) is 2. The third kappa shape index (κ3) is 4.26. The number of rotatable bonds is 4. The molecule has 0 bridgehead atoms. The van der Waals surface area contributed by atoms with Crippen LogP contribution in [0.25, 0.3) is 5.57 Å². The molecule has 0 saturated heterocycles. The molecular weight excluding hydrogens is 390 g/mol.